The molecule has 1 atom stereocenters. The highest BCUT2D eigenvalue weighted by Crippen LogP contribution is 2.37. The number of hydrogen-bond donors (Lipinski definition) is 2. The summed E-state index contributed by atoms with van der Waals surface area (Å²) in [6, 6.07) is 5.07. The van der Waals surface area contributed by atoms with Crippen LogP contribution in [0, 0.1) is 25.2 Å². The molecule has 0 unspecified atom stereocenters. The number of rotatable bonds is 5. The van der Waals surface area contributed by atoms with Crippen LogP contribution in [0.5, 0.6) is 5.75 Å². The van der Waals surface area contributed by atoms with Crippen LogP contribution in [-0.4, -0.2) is 68.4 Å². The molecule has 2 N–H and O–H groups in total. The van der Waals surface area contributed by atoms with Crippen LogP contribution >= 0.6 is 0 Å². The molecule has 0 radical (unpaired) electrons. The lowest BCUT2D eigenvalue weighted by Gasteiger charge is -2.27. The first kappa shape index (κ1) is 32.1. The lowest BCUT2D eigenvalue weighted by molar-refractivity contribution is -0.120. The van der Waals surface area contributed by atoms with E-state index in [9.17, 15) is 19.6 Å². The van der Waals surface area contributed by atoms with Crippen molar-refractivity contribution in [3.8, 4) is 17.5 Å². The molecule has 234 valence electrons. The maximum absolute atomic E-state index is 13.4. The molecule has 13 heteroatoms. The first-order chi connectivity index (χ1) is 20.5. The van der Waals surface area contributed by atoms with Crippen molar-refractivity contribution in [2.75, 3.05) is 24.3 Å². The summed E-state index contributed by atoms with van der Waals surface area (Å²) >= 11 is 0. The minimum atomic E-state index is -0.791. The van der Waals surface area contributed by atoms with Crippen LogP contribution in [-0.2, 0) is 14.3 Å². The molecule has 3 aromatic rings. The van der Waals surface area contributed by atoms with E-state index in [1.54, 1.807) is 53.2 Å². The van der Waals surface area contributed by atoms with Gasteiger partial charge in [0.05, 0.1) is 18.2 Å². The minimum absolute atomic E-state index is 0.0381. The van der Waals surface area contributed by atoms with Crippen LogP contribution in [0.25, 0.3) is 16.7 Å². The Kier molecular flexibility index (Phi) is 8.76. The van der Waals surface area contributed by atoms with Gasteiger partial charge in [-0.15, -0.1) is 0 Å². The molecule has 0 aliphatic carbocycles. The van der Waals surface area contributed by atoms with E-state index in [1.807, 2.05) is 26.0 Å². The Balaban J connectivity index is 1.82. The zero-order valence-electron chi connectivity index (χ0n) is 26.6. The summed E-state index contributed by atoms with van der Waals surface area (Å²) in [5, 5.41) is 16.0. The van der Waals surface area contributed by atoms with E-state index < -0.39 is 35.3 Å². The monoisotopic (exact) mass is 605 g/mol. The second-order valence-electron chi connectivity index (χ2n) is 12.6. The second-order valence-corrected chi connectivity index (χ2v) is 12.6. The van der Waals surface area contributed by atoms with Gasteiger partial charge < -0.3 is 14.2 Å². The molecule has 0 spiro atoms. The van der Waals surface area contributed by atoms with Gasteiger partial charge in [0.15, 0.2) is 5.65 Å². The third-order valence-corrected chi connectivity index (χ3v) is 6.89. The van der Waals surface area contributed by atoms with Crippen molar-refractivity contribution in [3.05, 3.63) is 35.0 Å². The number of likely N-dealkylation sites (tertiary alicyclic amines) is 1. The number of methoxy groups -OCH3 is 1. The Morgan fingerprint density at radius 2 is 1.73 bits per heavy atom. The topological polar surface area (TPSA) is 161 Å². The highest BCUT2D eigenvalue weighted by atomic mass is 16.6. The highest BCUT2D eigenvalue weighted by Gasteiger charge is 2.37. The van der Waals surface area contributed by atoms with E-state index in [1.165, 1.54) is 11.1 Å². The van der Waals surface area contributed by atoms with Crippen LogP contribution in [0.15, 0.2) is 18.3 Å². The van der Waals surface area contributed by atoms with Crippen LogP contribution < -0.4 is 15.4 Å². The Bertz CT molecular complexity index is 1660. The first-order valence-electron chi connectivity index (χ1n) is 14.3. The van der Waals surface area contributed by atoms with Gasteiger partial charge in [-0.1, -0.05) is 6.07 Å². The van der Waals surface area contributed by atoms with Crippen molar-refractivity contribution in [2.24, 2.45) is 0 Å². The van der Waals surface area contributed by atoms with Crippen molar-refractivity contribution in [3.63, 3.8) is 0 Å². The SMILES string of the molecule is COc1ccc(C)c(-n2c(NC(=O)OC(C)(C)C)c(C#N)c3cnc(NC(=O)[C@H]4CCCN4C(=O)OC(C)(C)C)nc32)c1C. The Labute approximate surface area is 256 Å². The van der Waals surface area contributed by atoms with Gasteiger partial charge in [-0.3, -0.25) is 24.9 Å². The van der Waals surface area contributed by atoms with Crippen LogP contribution in [0.1, 0.15) is 71.1 Å². The fourth-order valence-corrected chi connectivity index (χ4v) is 5.13. The summed E-state index contributed by atoms with van der Waals surface area (Å²) < 4.78 is 18.2. The minimum Gasteiger partial charge on any atom is -0.496 e. The van der Waals surface area contributed by atoms with Gasteiger partial charge in [0, 0.05) is 18.3 Å². The molecule has 0 bridgehead atoms. The van der Waals surface area contributed by atoms with E-state index in [4.69, 9.17) is 14.2 Å². The predicted octanol–water partition coefficient (Wildman–Crippen LogP) is 5.60. The molecule has 1 fully saturated rings. The van der Waals surface area contributed by atoms with Crippen molar-refractivity contribution in [1.29, 1.82) is 5.26 Å². The summed E-state index contributed by atoms with van der Waals surface area (Å²) in [6.45, 7) is 14.6. The molecule has 3 heterocycles. The van der Waals surface area contributed by atoms with Crippen molar-refractivity contribution in [1.82, 2.24) is 19.4 Å². The summed E-state index contributed by atoms with van der Waals surface area (Å²) in [5.41, 5.74) is 1.01. The highest BCUT2D eigenvalue weighted by molar-refractivity contribution is 5.99. The van der Waals surface area contributed by atoms with Crippen molar-refractivity contribution in [2.45, 2.75) is 85.5 Å². The maximum Gasteiger partial charge on any atom is 0.413 e. The van der Waals surface area contributed by atoms with Gasteiger partial charge >= 0.3 is 12.2 Å². The number of anilines is 2. The smallest absolute Gasteiger partial charge is 0.413 e. The van der Waals surface area contributed by atoms with E-state index in [0.29, 0.717) is 36.2 Å². The summed E-state index contributed by atoms with van der Waals surface area (Å²) in [5.74, 6) is 0.206. The fraction of sp³-hybridized carbons (Fsp3) is 0.484. The quantitative estimate of drug-likeness (QED) is 0.377. The number of carbonyl (C=O) groups is 3. The van der Waals surface area contributed by atoms with Gasteiger partial charge in [0.2, 0.25) is 11.9 Å². The Hall–Kier alpha value is -4.86. The molecule has 3 amide bonds. The van der Waals surface area contributed by atoms with Crippen LogP contribution in [0.2, 0.25) is 0 Å². The number of ether oxygens (including phenoxy) is 3. The molecular formula is C31H39N7O6. The molecule has 44 heavy (non-hydrogen) atoms. The molecule has 1 saturated heterocycles. The number of carbonyl (C=O) groups excluding carboxylic acids is 3. The average Bonchev–Trinajstić information content (AvgIpc) is 3.50. The van der Waals surface area contributed by atoms with E-state index in [-0.39, 0.29) is 23.0 Å². The summed E-state index contributed by atoms with van der Waals surface area (Å²) in [4.78, 5) is 49.5. The Morgan fingerprint density at radius 3 is 2.34 bits per heavy atom. The number of amides is 3. The van der Waals surface area contributed by atoms with Gasteiger partial charge in [0.1, 0.15) is 40.4 Å². The molecule has 13 nitrogen and oxygen atoms in total. The normalized spacial score (nSPS) is 15.1. The summed E-state index contributed by atoms with van der Waals surface area (Å²) in [6.07, 6.45) is 1.18. The number of nitrogens with zero attached hydrogens (tertiary/aromatic N) is 5. The maximum atomic E-state index is 13.4. The average molecular weight is 606 g/mol. The lowest BCUT2D eigenvalue weighted by Crippen LogP contribution is -2.45. The van der Waals surface area contributed by atoms with E-state index in [2.05, 4.69) is 26.7 Å². The third kappa shape index (κ3) is 6.69. The largest absolute Gasteiger partial charge is 0.496 e. The third-order valence-electron chi connectivity index (χ3n) is 6.89. The number of aryl methyl sites for hydroxylation is 1. The lowest BCUT2D eigenvalue weighted by atomic mass is 10.1. The van der Waals surface area contributed by atoms with Gasteiger partial charge in [-0.2, -0.15) is 10.2 Å². The van der Waals surface area contributed by atoms with Gasteiger partial charge in [0.25, 0.3) is 0 Å². The van der Waals surface area contributed by atoms with Crippen molar-refractivity contribution >= 4 is 40.9 Å². The number of benzene rings is 1. The number of fused-ring (bicyclic) bond motifs is 1. The fourth-order valence-electron chi connectivity index (χ4n) is 5.13. The van der Waals surface area contributed by atoms with Crippen LogP contribution in [0.4, 0.5) is 21.4 Å². The van der Waals surface area contributed by atoms with E-state index >= 15 is 0 Å². The van der Waals surface area contributed by atoms with E-state index in [0.717, 1.165) is 11.1 Å². The molecular weight excluding hydrogens is 566 g/mol. The first-order valence-corrected chi connectivity index (χ1v) is 14.3. The predicted molar refractivity (Wildman–Crippen MR) is 164 cm³/mol. The molecule has 1 aliphatic heterocycles. The Morgan fingerprint density at radius 1 is 1.05 bits per heavy atom. The van der Waals surface area contributed by atoms with Crippen LogP contribution in [0.3, 0.4) is 0 Å². The van der Waals surface area contributed by atoms with Gasteiger partial charge in [-0.05, 0) is 79.9 Å². The summed E-state index contributed by atoms with van der Waals surface area (Å²) in [7, 11) is 1.55. The number of aromatic nitrogens is 3. The number of nitrogens with one attached hydrogen (secondary N) is 2. The molecule has 4 rings (SSSR count). The van der Waals surface area contributed by atoms with Crippen molar-refractivity contribution < 1.29 is 28.6 Å². The zero-order valence-corrected chi connectivity index (χ0v) is 26.6. The molecule has 0 saturated carbocycles. The molecule has 2 aromatic heterocycles. The standard InChI is InChI=1S/C31H39N7O6/c1-17-12-13-22(42-9)18(2)23(17)38-24(35-28(40)43-30(3,4)5)19(15-32)20-16-33-27(34-25(20)38)36-26(39)21-11-10-14-37(21)29(41)44-31(6,7)8/h12-13,16,21H,10-11,14H2,1-9H3,(H,35,40)(H,33,34,36,39)/t21-/m1/s1. The second kappa shape index (κ2) is 12.0. The molecule has 1 aliphatic rings. The zero-order chi connectivity index (χ0) is 32.6. The number of nitriles is 1. The van der Waals surface area contributed by atoms with Gasteiger partial charge in [-0.25, -0.2) is 14.6 Å². The number of hydrogen-bond acceptors (Lipinski definition) is 9. The molecule has 1 aromatic carbocycles.